The van der Waals surface area contributed by atoms with Crippen LogP contribution in [0.1, 0.15) is 6.42 Å². The van der Waals surface area contributed by atoms with Crippen molar-refractivity contribution < 1.29 is 17.9 Å². The maximum Gasteiger partial charge on any atom is 0.419 e. The summed E-state index contributed by atoms with van der Waals surface area (Å²) >= 11 is 0. The zero-order valence-corrected chi connectivity index (χ0v) is 10.7. The second-order valence-electron chi connectivity index (χ2n) is 4.80. The van der Waals surface area contributed by atoms with Crippen LogP contribution in [0.15, 0.2) is 18.6 Å². The molecule has 1 fully saturated rings. The van der Waals surface area contributed by atoms with Gasteiger partial charge in [0.2, 0.25) is 0 Å². The van der Waals surface area contributed by atoms with Crippen LogP contribution >= 0.6 is 0 Å². The van der Waals surface area contributed by atoms with Gasteiger partial charge < -0.3 is 14.6 Å². The van der Waals surface area contributed by atoms with Gasteiger partial charge in [0.15, 0.2) is 5.60 Å². The molecule has 2 aromatic heterocycles. The molecule has 0 radical (unpaired) electrons. The molecule has 0 amide bonds. The number of nitrogens with zero attached hydrogens (tertiary/aromatic N) is 3. The minimum Gasteiger partial charge on any atom is -0.367 e. The number of H-pyrrole nitrogens is 1. The Bertz CT molecular complexity index is 626. The van der Waals surface area contributed by atoms with Gasteiger partial charge in [-0.15, -0.1) is 0 Å². The number of hydrogen-bond donors (Lipinski definition) is 1. The Labute approximate surface area is 112 Å². The third kappa shape index (κ3) is 1.82. The molecule has 3 heterocycles. The first-order valence-corrected chi connectivity index (χ1v) is 6.12. The fourth-order valence-corrected chi connectivity index (χ4v) is 2.59. The summed E-state index contributed by atoms with van der Waals surface area (Å²) in [5.74, 6) is 0.499. The van der Waals surface area contributed by atoms with Crippen molar-refractivity contribution in [1.29, 1.82) is 0 Å². The molecule has 1 aliphatic rings. The Morgan fingerprint density at radius 3 is 2.85 bits per heavy atom. The molecule has 0 aromatic carbocycles. The summed E-state index contributed by atoms with van der Waals surface area (Å²) in [5, 5.41) is 0.710. The third-order valence-corrected chi connectivity index (χ3v) is 3.77. The van der Waals surface area contributed by atoms with Crippen molar-refractivity contribution in [3.63, 3.8) is 0 Å². The maximum absolute atomic E-state index is 13.2. The van der Waals surface area contributed by atoms with Gasteiger partial charge in [-0.05, 0) is 6.07 Å². The van der Waals surface area contributed by atoms with Crippen molar-refractivity contribution in [2.45, 2.75) is 18.2 Å². The Morgan fingerprint density at radius 2 is 2.20 bits per heavy atom. The Morgan fingerprint density at radius 1 is 1.40 bits per heavy atom. The molecule has 0 aliphatic carbocycles. The number of halogens is 3. The predicted octanol–water partition coefficient (Wildman–Crippen LogP) is 2.12. The Balaban J connectivity index is 1.96. The van der Waals surface area contributed by atoms with Crippen LogP contribution in [0.3, 0.4) is 0 Å². The predicted molar refractivity (Wildman–Crippen MR) is 66.5 cm³/mol. The highest BCUT2D eigenvalue weighted by Gasteiger charge is 2.59. The van der Waals surface area contributed by atoms with Crippen molar-refractivity contribution in [2.75, 3.05) is 25.1 Å². The smallest absolute Gasteiger partial charge is 0.367 e. The van der Waals surface area contributed by atoms with E-state index in [-0.39, 0.29) is 19.5 Å². The number of hydrogen-bond acceptors (Lipinski definition) is 4. The molecule has 3 rings (SSSR count). The van der Waals surface area contributed by atoms with Gasteiger partial charge in [0, 0.05) is 26.3 Å². The second kappa shape index (κ2) is 4.34. The monoisotopic (exact) mass is 286 g/mol. The number of aromatic nitrogens is 3. The number of methoxy groups -OCH3 is 1. The van der Waals surface area contributed by atoms with Crippen LogP contribution < -0.4 is 4.90 Å². The number of alkyl halides is 3. The number of rotatable bonds is 2. The fraction of sp³-hybridized carbons (Fsp3) is 0.500. The van der Waals surface area contributed by atoms with Crippen LogP contribution in [0, 0.1) is 0 Å². The summed E-state index contributed by atoms with van der Waals surface area (Å²) in [7, 11) is 1.10. The lowest BCUT2D eigenvalue weighted by molar-refractivity contribution is -0.260. The van der Waals surface area contributed by atoms with E-state index in [1.54, 1.807) is 17.2 Å². The molecule has 108 valence electrons. The minimum atomic E-state index is -4.40. The highest BCUT2D eigenvalue weighted by atomic mass is 19.4. The van der Waals surface area contributed by atoms with Crippen molar-refractivity contribution >= 4 is 16.9 Å². The maximum atomic E-state index is 13.2. The van der Waals surface area contributed by atoms with Crippen LogP contribution in [0.2, 0.25) is 0 Å². The number of fused-ring (bicyclic) bond motifs is 1. The number of ether oxygens (including phenoxy) is 1. The molecule has 1 aliphatic heterocycles. The third-order valence-electron chi connectivity index (χ3n) is 3.77. The fourth-order valence-electron chi connectivity index (χ4n) is 2.59. The van der Waals surface area contributed by atoms with Gasteiger partial charge in [-0.2, -0.15) is 13.2 Å². The molecule has 0 spiro atoms. The van der Waals surface area contributed by atoms with E-state index in [1.807, 2.05) is 0 Å². The zero-order chi connectivity index (χ0) is 14.4. The van der Waals surface area contributed by atoms with Crippen molar-refractivity contribution in [2.24, 2.45) is 0 Å². The summed E-state index contributed by atoms with van der Waals surface area (Å²) in [6.07, 6.45) is -1.48. The van der Waals surface area contributed by atoms with E-state index in [9.17, 15) is 13.2 Å². The SMILES string of the molecule is COC1(C(F)(F)F)CCN(c2ncnc3[nH]ccc23)C1. The number of aromatic amines is 1. The molecule has 1 atom stereocenters. The average molecular weight is 286 g/mol. The quantitative estimate of drug-likeness (QED) is 0.918. The second-order valence-corrected chi connectivity index (χ2v) is 4.80. The lowest BCUT2D eigenvalue weighted by Crippen LogP contribution is -2.49. The van der Waals surface area contributed by atoms with Crippen LogP contribution in [0.4, 0.5) is 19.0 Å². The number of nitrogens with one attached hydrogen (secondary N) is 1. The Kier molecular flexibility index (Phi) is 2.86. The lowest BCUT2D eigenvalue weighted by atomic mass is 10.0. The summed E-state index contributed by atoms with van der Waals surface area (Å²) in [6, 6.07) is 1.76. The van der Waals surface area contributed by atoms with E-state index in [1.165, 1.54) is 6.33 Å². The molecule has 0 bridgehead atoms. The van der Waals surface area contributed by atoms with Gasteiger partial charge in [-0.1, -0.05) is 0 Å². The van der Waals surface area contributed by atoms with Gasteiger partial charge in [-0.25, -0.2) is 9.97 Å². The summed E-state index contributed by atoms with van der Waals surface area (Å²) in [4.78, 5) is 12.7. The molecule has 5 nitrogen and oxygen atoms in total. The highest BCUT2D eigenvalue weighted by molar-refractivity contribution is 5.87. The van der Waals surface area contributed by atoms with Crippen molar-refractivity contribution in [1.82, 2.24) is 15.0 Å². The van der Waals surface area contributed by atoms with Crippen LogP contribution in [0.25, 0.3) is 11.0 Å². The molecular weight excluding hydrogens is 273 g/mol. The first-order chi connectivity index (χ1) is 9.47. The van der Waals surface area contributed by atoms with Gasteiger partial charge in [0.05, 0.1) is 11.9 Å². The topological polar surface area (TPSA) is 54.0 Å². The molecule has 1 unspecified atom stereocenters. The standard InChI is InChI=1S/C12H13F3N4O/c1-20-11(12(13,14)15)3-5-19(6-11)10-8-2-4-16-9(8)17-7-18-10/h2,4,7H,3,5-6H2,1H3,(H,16,17,18). The van der Waals surface area contributed by atoms with Crippen LogP contribution in [0.5, 0.6) is 0 Å². The van der Waals surface area contributed by atoms with Crippen molar-refractivity contribution in [3.05, 3.63) is 18.6 Å². The molecule has 2 aromatic rings. The summed E-state index contributed by atoms with van der Waals surface area (Å²) in [6.45, 7) is -0.0189. The molecular formula is C12H13F3N4O. The van der Waals surface area contributed by atoms with Gasteiger partial charge in [-0.3, -0.25) is 0 Å². The largest absolute Gasteiger partial charge is 0.419 e. The zero-order valence-electron chi connectivity index (χ0n) is 10.7. The first kappa shape index (κ1) is 13.2. The number of anilines is 1. The van der Waals surface area contributed by atoms with E-state index < -0.39 is 11.8 Å². The molecule has 8 heteroatoms. The van der Waals surface area contributed by atoms with E-state index in [2.05, 4.69) is 15.0 Å². The van der Waals surface area contributed by atoms with Gasteiger partial charge in [0.25, 0.3) is 0 Å². The van der Waals surface area contributed by atoms with Crippen LogP contribution in [-0.2, 0) is 4.74 Å². The lowest BCUT2D eigenvalue weighted by Gasteiger charge is -2.30. The van der Waals surface area contributed by atoms with Gasteiger partial charge in [0.1, 0.15) is 17.8 Å². The molecule has 20 heavy (non-hydrogen) atoms. The highest BCUT2D eigenvalue weighted by Crippen LogP contribution is 2.42. The molecule has 0 saturated carbocycles. The average Bonchev–Trinajstić information content (AvgIpc) is 3.04. The van der Waals surface area contributed by atoms with Crippen LogP contribution in [-0.4, -0.2) is 46.9 Å². The summed E-state index contributed by atoms with van der Waals surface area (Å²) < 4.78 is 44.3. The van der Waals surface area contributed by atoms with E-state index in [0.29, 0.717) is 16.9 Å². The van der Waals surface area contributed by atoms with Gasteiger partial charge >= 0.3 is 6.18 Å². The molecule has 1 N–H and O–H groups in total. The summed E-state index contributed by atoms with van der Waals surface area (Å²) in [5.41, 5.74) is -1.52. The van der Waals surface area contributed by atoms with E-state index in [0.717, 1.165) is 7.11 Å². The minimum absolute atomic E-state index is 0.108. The van der Waals surface area contributed by atoms with E-state index in [4.69, 9.17) is 4.74 Å². The molecule has 1 saturated heterocycles. The van der Waals surface area contributed by atoms with Crippen molar-refractivity contribution in [3.8, 4) is 0 Å². The normalized spacial score (nSPS) is 23.7. The first-order valence-electron chi connectivity index (χ1n) is 6.12. The Hall–Kier alpha value is -1.83. The van der Waals surface area contributed by atoms with E-state index >= 15 is 0 Å².